The maximum Gasteiger partial charge on any atom is 0.234 e. The summed E-state index contributed by atoms with van der Waals surface area (Å²) in [5.74, 6) is 0.876. The van der Waals surface area contributed by atoms with Gasteiger partial charge < -0.3 is 24.8 Å². The highest BCUT2D eigenvalue weighted by Gasteiger charge is 2.21. The van der Waals surface area contributed by atoms with Crippen molar-refractivity contribution in [1.29, 1.82) is 0 Å². The Labute approximate surface area is 215 Å². The average Bonchev–Trinajstić information content (AvgIpc) is 3.31. The SMILES string of the molecule is COc1cnc(Cn2ccc3cnc(Nc4ccc(N5CCNCC5)cc4)nc32)c(N(C)S(C)(=O)=O)n1. The number of sulfonamides is 1. The predicted octanol–water partition coefficient (Wildman–Crippen LogP) is 1.83. The van der Waals surface area contributed by atoms with Crippen molar-refractivity contribution in [1.82, 2.24) is 29.8 Å². The fourth-order valence-corrected chi connectivity index (χ4v) is 4.60. The third-order valence-electron chi connectivity index (χ3n) is 6.24. The van der Waals surface area contributed by atoms with Crippen LogP contribution in [0.4, 0.5) is 23.1 Å². The molecule has 12 nitrogen and oxygen atoms in total. The summed E-state index contributed by atoms with van der Waals surface area (Å²) < 4.78 is 32.5. The number of aromatic nitrogens is 5. The zero-order chi connectivity index (χ0) is 26.0. The van der Waals surface area contributed by atoms with Crippen LogP contribution >= 0.6 is 0 Å². The molecular weight excluding hydrogens is 494 g/mol. The van der Waals surface area contributed by atoms with Crippen LogP contribution in [0.15, 0.2) is 48.9 Å². The van der Waals surface area contributed by atoms with Gasteiger partial charge in [-0.1, -0.05) is 0 Å². The first-order valence-electron chi connectivity index (χ1n) is 11.8. The highest BCUT2D eigenvalue weighted by molar-refractivity contribution is 7.92. The number of nitrogens with zero attached hydrogens (tertiary/aromatic N) is 7. The smallest absolute Gasteiger partial charge is 0.234 e. The van der Waals surface area contributed by atoms with Crippen LogP contribution in [0.3, 0.4) is 0 Å². The first-order chi connectivity index (χ1) is 17.8. The van der Waals surface area contributed by atoms with E-state index in [1.54, 1.807) is 6.20 Å². The van der Waals surface area contributed by atoms with Crippen molar-refractivity contribution >= 4 is 44.2 Å². The van der Waals surface area contributed by atoms with E-state index in [2.05, 4.69) is 42.6 Å². The molecule has 0 bridgehead atoms. The molecule has 1 aliphatic rings. The van der Waals surface area contributed by atoms with Gasteiger partial charge in [-0.3, -0.25) is 4.31 Å². The molecule has 0 aliphatic carbocycles. The lowest BCUT2D eigenvalue weighted by atomic mass is 10.2. The Hall–Kier alpha value is -3.97. The van der Waals surface area contributed by atoms with Gasteiger partial charge in [0.2, 0.25) is 21.9 Å². The molecule has 2 N–H and O–H groups in total. The van der Waals surface area contributed by atoms with Crippen LogP contribution in [0.2, 0.25) is 0 Å². The molecule has 194 valence electrons. The molecule has 0 atom stereocenters. The number of fused-ring (bicyclic) bond motifs is 1. The third kappa shape index (κ3) is 5.42. The molecule has 0 amide bonds. The van der Waals surface area contributed by atoms with Crippen LogP contribution in [0.25, 0.3) is 11.0 Å². The van der Waals surface area contributed by atoms with Crippen LogP contribution in [0.1, 0.15) is 5.69 Å². The topological polar surface area (TPSA) is 130 Å². The Bertz CT molecular complexity index is 1500. The zero-order valence-electron chi connectivity index (χ0n) is 20.9. The van der Waals surface area contributed by atoms with E-state index in [-0.39, 0.29) is 18.2 Å². The van der Waals surface area contributed by atoms with E-state index >= 15 is 0 Å². The Morgan fingerprint density at radius 3 is 2.54 bits per heavy atom. The number of hydrogen-bond acceptors (Lipinski definition) is 10. The Morgan fingerprint density at radius 1 is 1.08 bits per heavy atom. The number of anilines is 4. The fraction of sp³-hybridized carbons (Fsp3) is 0.333. The minimum atomic E-state index is -3.55. The summed E-state index contributed by atoms with van der Waals surface area (Å²) in [5, 5.41) is 7.49. The molecule has 1 fully saturated rings. The lowest BCUT2D eigenvalue weighted by molar-refractivity contribution is 0.395. The molecule has 0 radical (unpaired) electrons. The monoisotopic (exact) mass is 523 g/mol. The quantitative estimate of drug-likeness (QED) is 0.353. The predicted molar refractivity (Wildman–Crippen MR) is 143 cm³/mol. The van der Waals surface area contributed by atoms with E-state index in [0.29, 0.717) is 17.3 Å². The third-order valence-corrected chi connectivity index (χ3v) is 7.41. The number of rotatable bonds is 8. The molecule has 1 aliphatic heterocycles. The molecule has 13 heteroatoms. The van der Waals surface area contributed by atoms with E-state index < -0.39 is 10.0 Å². The summed E-state index contributed by atoms with van der Waals surface area (Å²) >= 11 is 0. The van der Waals surface area contributed by atoms with E-state index in [0.717, 1.165) is 47.8 Å². The Balaban J connectivity index is 1.39. The maximum atomic E-state index is 12.2. The van der Waals surface area contributed by atoms with Crippen molar-refractivity contribution in [3.05, 3.63) is 54.6 Å². The summed E-state index contributed by atoms with van der Waals surface area (Å²) in [7, 11) is -0.658. The summed E-state index contributed by atoms with van der Waals surface area (Å²) in [6.07, 6.45) is 6.19. The largest absolute Gasteiger partial charge is 0.480 e. The van der Waals surface area contributed by atoms with Crippen LogP contribution in [0, 0.1) is 0 Å². The number of benzene rings is 1. The molecule has 1 aromatic carbocycles. The molecule has 1 saturated heterocycles. The van der Waals surface area contributed by atoms with Gasteiger partial charge in [0.1, 0.15) is 11.3 Å². The summed E-state index contributed by atoms with van der Waals surface area (Å²) in [6, 6.07) is 10.1. The molecular formula is C24H29N9O3S. The molecule has 0 spiro atoms. The van der Waals surface area contributed by atoms with Crippen molar-refractivity contribution < 1.29 is 13.2 Å². The maximum absolute atomic E-state index is 12.2. The fourth-order valence-electron chi connectivity index (χ4n) is 4.14. The lowest BCUT2D eigenvalue weighted by Crippen LogP contribution is -2.43. The van der Waals surface area contributed by atoms with Gasteiger partial charge in [0.25, 0.3) is 0 Å². The number of methoxy groups -OCH3 is 1. The van der Waals surface area contributed by atoms with Crippen LogP contribution < -0.4 is 24.6 Å². The van der Waals surface area contributed by atoms with Crippen molar-refractivity contribution in [2.75, 3.05) is 61.1 Å². The molecule has 4 aromatic rings. The molecule has 0 saturated carbocycles. The van der Waals surface area contributed by atoms with Gasteiger partial charge in [-0.15, -0.1) is 0 Å². The zero-order valence-corrected chi connectivity index (χ0v) is 21.7. The van der Waals surface area contributed by atoms with Gasteiger partial charge in [0.05, 0.1) is 26.1 Å². The van der Waals surface area contributed by atoms with E-state index in [1.165, 1.54) is 26.0 Å². The second-order valence-corrected chi connectivity index (χ2v) is 10.8. The van der Waals surface area contributed by atoms with Gasteiger partial charge in [0, 0.05) is 62.4 Å². The first kappa shape index (κ1) is 24.7. The van der Waals surface area contributed by atoms with Gasteiger partial charge >= 0.3 is 0 Å². The molecule has 5 rings (SSSR count). The lowest BCUT2D eigenvalue weighted by Gasteiger charge is -2.29. The standard InChI is InChI=1S/C24H29N9O3S/c1-31(37(3,34)35)23-20(26-15-21(29-23)36-2)16-33-11-8-17-14-27-24(30-22(17)33)28-18-4-6-19(7-5-18)32-12-9-25-10-13-32/h4-8,11,14-15,25H,9-10,12-13,16H2,1-3H3,(H,27,28,30). The van der Waals surface area contributed by atoms with Gasteiger partial charge in [0.15, 0.2) is 5.82 Å². The highest BCUT2D eigenvalue weighted by atomic mass is 32.2. The van der Waals surface area contributed by atoms with Crippen LogP contribution in [-0.2, 0) is 16.6 Å². The van der Waals surface area contributed by atoms with Crippen molar-refractivity contribution in [2.45, 2.75) is 6.54 Å². The average molecular weight is 524 g/mol. The highest BCUT2D eigenvalue weighted by Crippen LogP contribution is 2.25. The number of nitrogens with one attached hydrogen (secondary N) is 2. The first-order valence-corrected chi connectivity index (χ1v) is 13.6. The number of ether oxygens (including phenoxy) is 1. The summed E-state index contributed by atoms with van der Waals surface area (Å²) in [5.41, 5.74) is 3.21. The van der Waals surface area contributed by atoms with Gasteiger partial charge in [-0.25, -0.2) is 18.4 Å². The Morgan fingerprint density at radius 2 is 1.84 bits per heavy atom. The summed E-state index contributed by atoms with van der Waals surface area (Å²) in [6.45, 7) is 4.21. The normalized spacial score (nSPS) is 14.1. The molecule has 37 heavy (non-hydrogen) atoms. The minimum Gasteiger partial charge on any atom is -0.480 e. The van der Waals surface area contributed by atoms with Crippen molar-refractivity contribution in [3.8, 4) is 5.88 Å². The molecule has 3 aromatic heterocycles. The summed E-state index contributed by atoms with van der Waals surface area (Å²) in [4.78, 5) is 20.3. The van der Waals surface area contributed by atoms with Crippen molar-refractivity contribution in [2.24, 2.45) is 0 Å². The van der Waals surface area contributed by atoms with Gasteiger partial charge in [-0.05, 0) is 30.3 Å². The minimum absolute atomic E-state index is 0.195. The van der Waals surface area contributed by atoms with Crippen LogP contribution in [0.5, 0.6) is 5.88 Å². The Kier molecular flexibility index (Phi) is 6.80. The van der Waals surface area contributed by atoms with E-state index in [4.69, 9.17) is 9.72 Å². The molecule has 0 unspecified atom stereocenters. The second-order valence-electron chi connectivity index (χ2n) is 8.74. The van der Waals surface area contributed by atoms with Gasteiger partial charge in [-0.2, -0.15) is 9.97 Å². The van der Waals surface area contributed by atoms with Crippen LogP contribution in [-0.4, -0.2) is 79.5 Å². The van der Waals surface area contributed by atoms with Crippen molar-refractivity contribution in [3.63, 3.8) is 0 Å². The molecule has 4 heterocycles. The van der Waals surface area contributed by atoms with E-state index in [9.17, 15) is 8.42 Å². The number of hydrogen-bond donors (Lipinski definition) is 2. The number of piperazine rings is 1. The van der Waals surface area contributed by atoms with E-state index in [1.807, 2.05) is 29.0 Å². The second kappa shape index (κ2) is 10.2.